The molecule has 0 radical (unpaired) electrons. The van der Waals surface area contributed by atoms with Crippen LogP contribution in [0.1, 0.15) is 15.9 Å². The lowest BCUT2D eigenvalue weighted by atomic mass is 10.1. The molecule has 2 rings (SSSR count). The Morgan fingerprint density at radius 1 is 1.19 bits per heavy atom. The molecule has 0 saturated carbocycles. The van der Waals surface area contributed by atoms with Gasteiger partial charge in [-0.1, -0.05) is 17.7 Å². The Morgan fingerprint density at radius 3 is 2.33 bits per heavy atom. The largest absolute Gasteiger partial charge is 0.310 e. The predicted molar refractivity (Wildman–Crippen MR) is 82.0 cm³/mol. The van der Waals surface area contributed by atoms with Gasteiger partial charge in [-0.15, -0.1) is 0 Å². The zero-order valence-corrected chi connectivity index (χ0v) is 12.3. The van der Waals surface area contributed by atoms with Gasteiger partial charge in [0.2, 0.25) is 0 Å². The number of carbonyl (C=O) groups excluding carboxylic acids is 1. The molecular weight excluding hydrogens is 292 g/mol. The van der Waals surface area contributed by atoms with Gasteiger partial charge in [-0.25, -0.2) is 0 Å². The molecule has 0 bridgehead atoms. The van der Waals surface area contributed by atoms with Gasteiger partial charge in [0.1, 0.15) is 0 Å². The number of nitro groups is 1. The maximum Gasteiger partial charge on any atom is 0.269 e. The Morgan fingerprint density at radius 2 is 1.81 bits per heavy atom. The van der Waals surface area contributed by atoms with E-state index in [0.717, 1.165) is 5.56 Å². The van der Waals surface area contributed by atoms with Crippen LogP contribution in [0.5, 0.6) is 0 Å². The van der Waals surface area contributed by atoms with E-state index in [-0.39, 0.29) is 11.6 Å². The number of halogens is 1. The molecule has 21 heavy (non-hydrogen) atoms. The number of nitro benzene ring substituents is 1. The zero-order valence-electron chi connectivity index (χ0n) is 11.5. The zero-order chi connectivity index (χ0) is 15.6. The van der Waals surface area contributed by atoms with Crippen molar-refractivity contribution in [3.63, 3.8) is 0 Å². The van der Waals surface area contributed by atoms with E-state index in [9.17, 15) is 14.9 Å². The fourth-order valence-corrected chi connectivity index (χ4v) is 2.27. The van der Waals surface area contributed by atoms with Gasteiger partial charge >= 0.3 is 0 Å². The highest BCUT2D eigenvalue weighted by molar-refractivity contribution is 6.34. The number of benzene rings is 2. The number of amides is 1. The third-order valence-corrected chi connectivity index (χ3v) is 3.40. The Balaban J connectivity index is 2.28. The molecule has 0 aliphatic heterocycles. The lowest BCUT2D eigenvalue weighted by Gasteiger charge is -2.19. The van der Waals surface area contributed by atoms with Crippen molar-refractivity contribution in [3.05, 3.63) is 68.7 Å². The lowest BCUT2D eigenvalue weighted by molar-refractivity contribution is -0.384. The van der Waals surface area contributed by atoms with E-state index >= 15 is 0 Å². The van der Waals surface area contributed by atoms with Crippen molar-refractivity contribution in [3.8, 4) is 0 Å². The molecule has 0 unspecified atom stereocenters. The molecule has 0 atom stereocenters. The highest BCUT2D eigenvalue weighted by Gasteiger charge is 2.17. The van der Waals surface area contributed by atoms with Gasteiger partial charge < -0.3 is 4.90 Å². The molecule has 0 spiro atoms. The normalized spacial score (nSPS) is 10.2. The van der Waals surface area contributed by atoms with Crippen LogP contribution < -0.4 is 4.90 Å². The minimum absolute atomic E-state index is 0.0532. The van der Waals surface area contributed by atoms with Crippen molar-refractivity contribution in [1.29, 1.82) is 0 Å². The number of nitrogens with zero attached hydrogens (tertiary/aromatic N) is 2. The first kappa shape index (κ1) is 15.0. The highest BCUT2D eigenvalue weighted by atomic mass is 35.5. The third kappa shape index (κ3) is 3.20. The molecule has 0 aromatic heterocycles. The third-order valence-electron chi connectivity index (χ3n) is 3.09. The standard InChI is InChI=1S/C15H13ClN2O3/c1-10-3-8-14(13(16)9-10)17(2)15(19)11-4-6-12(7-5-11)18(20)21/h3-9H,1-2H3. The summed E-state index contributed by atoms with van der Waals surface area (Å²) in [6.45, 7) is 1.91. The van der Waals surface area contributed by atoms with E-state index in [2.05, 4.69) is 0 Å². The topological polar surface area (TPSA) is 63.5 Å². The van der Waals surface area contributed by atoms with Crippen LogP contribution in [0.15, 0.2) is 42.5 Å². The molecule has 0 fully saturated rings. The SMILES string of the molecule is Cc1ccc(N(C)C(=O)c2ccc([N+](=O)[O-])cc2)c(Cl)c1. The monoisotopic (exact) mass is 304 g/mol. The van der Waals surface area contributed by atoms with Crippen LogP contribution in [0.3, 0.4) is 0 Å². The number of hydrogen-bond acceptors (Lipinski definition) is 3. The number of aryl methyl sites for hydroxylation is 1. The van der Waals surface area contributed by atoms with Gasteiger partial charge in [0, 0.05) is 24.7 Å². The van der Waals surface area contributed by atoms with E-state index in [0.29, 0.717) is 16.3 Å². The molecule has 5 nitrogen and oxygen atoms in total. The summed E-state index contributed by atoms with van der Waals surface area (Å²) in [5.41, 5.74) is 1.90. The van der Waals surface area contributed by atoms with Crippen LogP contribution in [0.2, 0.25) is 5.02 Å². The van der Waals surface area contributed by atoms with Gasteiger partial charge in [0.15, 0.2) is 0 Å². The second kappa shape index (κ2) is 5.93. The van der Waals surface area contributed by atoms with Gasteiger partial charge in [0.05, 0.1) is 15.6 Å². The Labute approximate surface area is 126 Å². The highest BCUT2D eigenvalue weighted by Crippen LogP contribution is 2.27. The van der Waals surface area contributed by atoms with Crippen molar-refractivity contribution >= 4 is 28.9 Å². The molecule has 108 valence electrons. The van der Waals surface area contributed by atoms with Gasteiger partial charge in [-0.3, -0.25) is 14.9 Å². The summed E-state index contributed by atoms with van der Waals surface area (Å²) < 4.78 is 0. The van der Waals surface area contributed by atoms with E-state index in [1.54, 1.807) is 19.2 Å². The molecule has 6 heteroatoms. The lowest BCUT2D eigenvalue weighted by Crippen LogP contribution is -2.26. The summed E-state index contributed by atoms with van der Waals surface area (Å²) in [6.07, 6.45) is 0. The number of rotatable bonds is 3. The summed E-state index contributed by atoms with van der Waals surface area (Å²) in [6, 6.07) is 10.9. The maximum atomic E-state index is 12.4. The van der Waals surface area contributed by atoms with Crippen LogP contribution >= 0.6 is 11.6 Å². The van der Waals surface area contributed by atoms with E-state index in [4.69, 9.17) is 11.6 Å². The first-order chi connectivity index (χ1) is 9.90. The van der Waals surface area contributed by atoms with Crippen molar-refractivity contribution < 1.29 is 9.72 Å². The number of carbonyl (C=O) groups is 1. The fraction of sp³-hybridized carbons (Fsp3) is 0.133. The summed E-state index contributed by atoms with van der Waals surface area (Å²) >= 11 is 6.14. The van der Waals surface area contributed by atoms with Crippen LogP contribution in [0, 0.1) is 17.0 Å². The number of non-ortho nitro benzene ring substituents is 1. The Bertz CT molecular complexity index is 699. The number of hydrogen-bond donors (Lipinski definition) is 0. The Kier molecular flexibility index (Phi) is 4.23. The molecule has 0 heterocycles. The summed E-state index contributed by atoms with van der Waals surface area (Å²) in [5, 5.41) is 11.1. The molecule has 1 amide bonds. The quantitative estimate of drug-likeness (QED) is 0.639. The van der Waals surface area contributed by atoms with Gasteiger partial charge in [0.25, 0.3) is 11.6 Å². The summed E-state index contributed by atoms with van der Waals surface area (Å²) in [5.74, 6) is -0.282. The van der Waals surface area contributed by atoms with Crippen LogP contribution in [-0.4, -0.2) is 17.9 Å². The summed E-state index contributed by atoms with van der Waals surface area (Å²) in [7, 11) is 1.61. The van der Waals surface area contributed by atoms with Gasteiger partial charge in [-0.2, -0.15) is 0 Å². The second-order valence-corrected chi connectivity index (χ2v) is 5.03. The maximum absolute atomic E-state index is 12.4. The van der Waals surface area contributed by atoms with E-state index in [1.165, 1.54) is 29.2 Å². The average Bonchev–Trinajstić information content (AvgIpc) is 2.46. The molecule has 0 aliphatic carbocycles. The van der Waals surface area contributed by atoms with Crippen molar-refractivity contribution in [2.75, 3.05) is 11.9 Å². The van der Waals surface area contributed by atoms with Crippen LogP contribution in [0.25, 0.3) is 0 Å². The van der Waals surface area contributed by atoms with E-state index < -0.39 is 4.92 Å². The molecule has 0 saturated heterocycles. The number of anilines is 1. The van der Waals surface area contributed by atoms with Crippen molar-refractivity contribution in [1.82, 2.24) is 0 Å². The van der Waals surface area contributed by atoms with Crippen LogP contribution in [-0.2, 0) is 0 Å². The molecule has 0 N–H and O–H groups in total. The smallest absolute Gasteiger partial charge is 0.269 e. The first-order valence-electron chi connectivity index (χ1n) is 6.19. The Hall–Kier alpha value is -2.40. The molecule has 0 aliphatic rings. The fourth-order valence-electron chi connectivity index (χ4n) is 1.91. The molecule has 2 aromatic rings. The molecule has 2 aromatic carbocycles. The minimum Gasteiger partial charge on any atom is -0.310 e. The summed E-state index contributed by atoms with van der Waals surface area (Å²) in [4.78, 5) is 23.9. The molecular formula is C15H13ClN2O3. The van der Waals surface area contributed by atoms with E-state index in [1.807, 2.05) is 13.0 Å². The van der Waals surface area contributed by atoms with Gasteiger partial charge in [-0.05, 0) is 36.8 Å². The van der Waals surface area contributed by atoms with Crippen molar-refractivity contribution in [2.45, 2.75) is 6.92 Å². The van der Waals surface area contributed by atoms with Crippen molar-refractivity contribution in [2.24, 2.45) is 0 Å². The van der Waals surface area contributed by atoms with Crippen LogP contribution in [0.4, 0.5) is 11.4 Å². The minimum atomic E-state index is -0.505. The second-order valence-electron chi connectivity index (χ2n) is 4.62. The first-order valence-corrected chi connectivity index (χ1v) is 6.56. The average molecular weight is 305 g/mol. The predicted octanol–water partition coefficient (Wildman–Crippen LogP) is 3.83.